The minimum absolute atomic E-state index is 0.178. The number of amides is 1. The van der Waals surface area contributed by atoms with E-state index in [-0.39, 0.29) is 17.0 Å². The SMILES string of the molecule is COC(=O)NC(=Cc1cc(C(=O)OC)cc(C)n1)C(=O)OC. The molecule has 1 amide bonds. The van der Waals surface area contributed by atoms with Gasteiger partial charge >= 0.3 is 18.0 Å². The zero-order chi connectivity index (χ0) is 16.7. The van der Waals surface area contributed by atoms with Gasteiger partial charge in [-0.3, -0.25) is 10.3 Å². The van der Waals surface area contributed by atoms with E-state index in [4.69, 9.17) is 0 Å². The standard InChI is InChI=1S/C14H16N2O6/c1-8-5-9(12(17)20-2)6-10(15-8)7-11(13(18)21-3)16-14(19)22-4/h5-7H,1-4H3,(H,16,19). The maximum atomic E-state index is 11.6. The zero-order valence-electron chi connectivity index (χ0n) is 12.6. The third-order valence-electron chi connectivity index (χ3n) is 2.51. The molecule has 0 aliphatic rings. The minimum Gasteiger partial charge on any atom is -0.465 e. The quantitative estimate of drug-likeness (QED) is 0.503. The van der Waals surface area contributed by atoms with Crippen LogP contribution in [0.4, 0.5) is 4.79 Å². The molecular weight excluding hydrogens is 292 g/mol. The topological polar surface area (TPSA) is 104 Å². The molecule has 118 valence electrons. The van der Waals surface area contributed by atoms with Crippen LogP contribution in [0.3, 0.4) is 0 Å². The van der Waals surface area contributed by atoms with Crippen LogP contribution in [0.15, 0.2) is 17.8 Å². The summed E-state index contributed by atoms with van der Waals surface area (Å²) < 4.78 is 13.6. The van der Waals surface area contributed by atoms with Gasteiger partial charge in [0.2, 0.25) is 0 Å². The van der Waals surface area contributed by atoms with Crippen molar-refractivity contribution in [2.75, 3.05) is 21.3 Å². The Bertz CT molecular complexity index is 624. The average molecular weight is 308 g/mol. The van der Waals surface area contributed by atoms with Gasteiger partial charge < -0.3 is 14.2 Å². The summed E-state index contributed by atoms with van der Waals surface area (Å²) in [5, 5.41) is 2.22. The average Bonchev–Trinajstić information content (AvgIpc) is 2.51. The van der Waals surface area contributed by atoms with Crippen LogP contribution < -0.4 is 5.32 Å². The second kappa shape index (κ2) is 7.77. The van der Waals surface area contributed by atoms with Crippen LogP contribution in [0.1, 0.15) is 21.7 Å². The van der Waals surface area contributed by atoms with Gasteiger partial charge in [-0.1, -0.05) is 0 Å². The number of aryl methyl sites for hydroxylation is 1. The Hall–Kier alpha value is -2.90. The van der Waals surface area contributed by atoms with Gasteiger partial charge in [0.05, 0.1) is 32.6 Å². The summed E-state index contributed by atoms with van der Waals surface area (Å²) in [6, 6.07) is 2.95. The van der Waals surface area contributed by atoms with Crippen LogP contribution in [0.2, 0.25) is 0 Å². The number of hydrogen-bond donors (Lipinski definition) is 1. The number of nitrogens with zero attached hydrogens (tertiary/aromatic N) is 1. The van der Waals surface area contributed by atoms with E-state index >= 15 is 0 Å². The van der Waals surface area contributed by atoms with Gasteiger partial charge in [-0.15, -0.1) is 0 Å². The van der Waals surface area contributed by atoms with Gasteiger partial charge in [0.1, 0.15) is 5.70 Å². The first-order valence-electron chi connectivity index (χ1n) is 6.13. The first kappa shape index (κ1) is 17.2. The Kier molecular flexibility index (Phi) is 6.06. The molecule has 0 aromatic carbocycles. The summed E-state index contributed by atoms with van der Waals surface area (Å²) in [4.78, 5) is 38.6. The molecular formula is C14H16N2O6. The van der Waals surface area contributed by atoms with Gasteiger partial charge in [-0.25, -0.2) is 14.4 Å². The fourth-order valence-electron chi connectivity index (χ4n) is 1.57. The van der Waals surface area contributed by atoms with Crippen LogP contribution in [0.25, 0.3) is 6.08 Å². The number of ether oxygens (including phenoxy) is 3. The molecule has 1 aromatic rings. The molecule has 22 heavy (non-hydrogen) atoms. The number of pyridine rings is 1. The normalized spacial score (nSPS) is 10.6. The third kappa shape index (κ3) is 4.58. The second-order valence-corrected chi connectivity index (χ2v) is 4.08. The van der Waals surface area contributed by atoms with Crippen LogP contribution in [-0.2, 0) is 19.0 Å². The lowest BCUT2D eigenvalue weighted by atomic mass is 10.2. The van der Waals surface area contributed by atoms with Gasteiger partial charge in [0.25, 0.3) is 0 Å². The molecule has 1 heterocycles. The van der Waals surface area contributed by atoms with Crippen LogP contribution in [0, 0.1) is 6.92 Å². The van der Waals surface area contributed by atoms with Crippen molar-refractivity contribution in [2.45, 2.75) is 6.92 Å². The van der Waals surface area contributed by atoms with Crippen molar-refractivity contribution in [3.05, 3.63) is 34.8 Å². The molecule has 0 saturated heterocycles. The van der Waals surface area contributed by atoms with Gasteiger partial charge in [0.15, 0.2) is 0 Å². The first-order valence-corrected chi connectivity index (χ1v) is 6.13. The number of rotatable bonds is 4. The van der Waals surface area contributed by atoms with Crippen molar-refractivity contribution in [3.63, 3.8) is 0 Å². The molecule has 0 saturated carbocycles. The summed E-state index contributed by atoms with van der Waals surface area (Å²) in [5.41, 5.74) is 0.903. The largest absolute Gasteiger partial charge is 0.465 e. The number of aromatic nitrogens is 1. The van der Waals surface area contributed by atoms with Gasteiger partial charge in [0, 0.05) is 5.69 Å². The van der Waals surface area contributed by atoms with E-state index in [1.165, 1.54) is 32.4 Å². The summed E-state index contributed by atoms with van der Waals surface area (Å²) in [5.74, 6) is -1.32. The molecule has 0 fully saturated rings. The molecule has 0 aliphatic carbocycles. The molecule has 8 nitrogen and oxygen atoms in total. The van der Waals surface area contributed by atoms with Crippen LogP contribution in [-0.4, -0.2) is 44.3 Å². The smallest absolute Gasteiger partial charge is 0.411 e. The molecule has 8 heteroatoms. The Morgan fingerprint density at radius 3 is 2.32 bits per heavy atom. The lowest BCUT2D eigenvalue weighted by molar-refractivity contribution is -0.136. The lowest BCUT2D eigenvalue weighted by Crippen LogP contribution is -2.27. The van der Waals surface area contributed by atoms with E-state index in [1.54, 1.807) is 6.92 Å². The molecule has 1 rings (SSSR count). The highest BCUT2D eigenvalue weighted by Gasteiger charge is 2.15. The summed E-state index contributed by atoms with van der Waals surface area (Å²) >= 11 is 0. The second-order valence-electron chi connectivity index (χ2n) is 4.08. The maximum Gasteiger partial charge on any atom is 0.411 e. The van der Waals surface area contributed by atoms with Crippen molar-refractivity contribution in [1.29, 1.82) is 0 Å². The number of esters is 2. The van der Waals surface area contributed by atoms with Crippen molar-refractivity contribution >= 4 is 24.1 Å². The van der Waals surface area contributed by atoms with Crippen molar-refractivity contribution in [1.82, 2.24) is 10.3 Å². The molecule has 0 aliphatic heterocycles. The molecule has 0 spiro atoms. The number of carbonyl (C=O) groups excluding carboxylic acids is 3. The molecule has 1 aromatic heterocycles. The summed E-state index contributed by atoms with van der Waals surface area (Å²) in [6.07, 6.45) is 0.430. The molecule has 0 atom stereocenters. The van der Waals surface area contributed by atoms with Gasteiger partial charge in [-0.2, -0.15) is 0 Å². The Morgan fingerprint density at radius 1 is 1.09 bits per heavy atom. The molecule has 1 N–H and O–H groups in total. The Morgan fingerprint density at radius 2 is 1.77 bits per heavy atom. The maximum absolute atomic E-state index is 11.6. The third-order valence-corrected chi connectivity index (χ3v) is 2.51. The van der Waals surface area contributed by atoms with Crippen LogP contribution >= 0.6 is 0 Å². The fraction of sp³-hybridized carbons (Fsp3) is 0.286. The number of carbonyl (C=O) groups is 3. The fourth-order valence-corrected chi connectivity index (χ4v) is 1.57. The number of hydrogen-bond acceptors (Lipinski definition) is 7. The minimum atomic E-state index is -0.836. The van der Waals surface area contributed by atoms with E-state index in [0.717, 1.165) is 7.11 Å². The van der Waals surface area contributed by atoms with E-state index < -0.39 is 18.0 Å². The van der Waals surface area contributed by atoms with Crippen molar-refractivity contribution in [3.8, 4) is 0 Å². The van der Waals surface area contributed by atoms with Crippen molar-refractivity contribution < 1.29 is 28.6 Å². The predicted octanol–water partition coefficient (Wildman–Crippen LogP) is 1.05. The number of nitrogens with one attached hydrogen (secondary N) is 1. The highest BCUT2D eigenvalue weighted by atomic mass is 16.5. The Labute approximate surface area is 127 Å². The monoisotopic (exact) mass is 308 g/mol. The van der Waals surface area contributed by atoms with Gasteiger partial charge in [-0.05, 0) is 25.1 Å². The van der Waals surface area contributed by atoms with E-state index in [9.17, 15) is 14.4 Å². The number of methoxy groups -OCH3 is 3. The highest BCUT2D eigenvalue weighted by Crippen LogP contribution is 2.11. The Balaban J connectivity index is 3.24. The first-order chi connectivity index (χ1) is 10.4. The summed E-state index contributed by atoms with van der Waals surface area (Å²) in [7, 11) is 3.58. The molecule has 0 unspecified atom stereocenters. The predicted molar refractivity (Wildman–Crippen MR) is 75.8 cm³/mol. The van der Waals surface area contributed by atoms with Crippen LogP contribution in [0.5, 0.6) is 0 Å². The molecule has 0 radical (unpaired) electrons. The lowest BCUT2D eigenvalue weighted by Gasteiger charge is -2.08. The van der Waals surface area contributed by atoms with E-state index in [1.807, 2.05) is 0 Å². The molecule has 0 bridgehead atoms. The van der Waals surface area contributed by atoms with E-state index in [2.05, 4.69) is 24.5 Å². The highest BCUT2D eigenvalue weighted by molar-refractivity contribution is 5.97. The summed E-state index contributed by atoms with van der Waals surface area (Å²) in [6.45, 7) is 1.68. The number of alkyl carbamates (subject to hydrolysis) is 1. The van der Waals surface area contributed by atoms with Crippen molar-refractivity contribution in [2.24, 2.45) is 0 Å². The van der Waals surface area contributed by atoms with E-state index in [0.29, 0.717) is 5.69 Å². The zero-order valence-corrected chi connectivity index (χ0v) is 12.6.